The van der Waals surface area contributed by atoms with E-state index in [1.54, 1.807) is 29.2 Å². The number of nitrogens with zero attached hydrogens (tertiary/aromatic N) is 1. The fraction of sp³-hybridized carbons (Fsp3) is 0.241. The van der Waals surface area contributed by atoms with E-state index in [9.17, 15) is 9.59 Å². The number of amides is 1. The number of para-hydroxylation sites is 1. The van der Waals surface area contributed by atoms with Gasteiger partial charge in [0, 0.05) is 13.2 Å². The molecule has 35 heavy (non-hydrogen) atoms. The van der Waals surface area contributed by atoms with E-state index in [2.05, 4.69) is 0 Å². The van der Waals surface area contributed by atoms with Crippen LogP contribution in [0.25, 0.3) is 11.0 Å². The fourth-order valence-electron chi connectivity index (χ4n) is 5.03. The van der Waals surface area contributed by atoms with Gasteiger partial charge < -0.3 is 18.8 Å². The van der Waals surface area contributed by atoms with Crippen LogP contribution in [-0.2, 0) is 11.3 Å². The molecule has 0 unspecified atom stereocenters. The monoisotopic (exact) mass is 467 g/mol. The number of hydrogen-bond acceptors (Lipinski definition) is 5. The number of fused-ring (bicyclic) bond motifs is 2. The predicted octanol–water partition coefficient (Wildman–Crippen LogP) is 5.10. The zero-order chi connectivity index (χ0) is 23.8. The Morgan fingerprint density at radius 2 is 1.77 bits per heavy atom. The standard InChI is InChI=1S/C29H25NO5/c31-27-23-13-4-5-14-24(23)35-28-25(27)26(30(29(28)32)17-22-12-7-15-33-22)20-10-6-11-21(16-20)34-18-19-8-2-1-3-9-19/h1-6,8-11,13-14,16,22,26H,7,12,15,17-18H2/t22-,26-/m0/s1. The number of carbonyl (C=O) groups excluding carboxylic acids is 1. The zero-order valence-electron chi connectivity index (χ0n) is 19.2. The second kappa shape index (κ2) is 9.04. The van der Waals surface area contributed by atoms with Crippen LogP contribution >= 0.6 is 0 Å². The van der Waals surface area contributed by atoms with Crippen LogP contribution in [0.5, 0.6) is 5.75 Å². The van der Waals surface area contributed by atoms with Gasteiger partial charge in [-0.15, -0.1) is 0 Å². The van der Waals surface area contributed by atoms with E-state index in [0.29, 0.717) is 42.0 Å². The Labute approximate surface area is 202 Å². The zero-order valence-corrected chi connectivity index (χ0v) is 19.2. The van der Waals surface area contributed by atoms with Crippen molar-refractivity contribution in [3.63, 3.8) is 0 Å². The maximum atomic E-state index is 13.6. The summed E-state index contributed by atoms with van der Waals surface area (Å²) >= 11 is 0. The summed E-state index contributed by atoms with van der Waals surface area (Å²) in [4.78, 5) is 28.9. The minimum Gasteiger partial charge on any atom is -0.489 e. The smallest absolute Gasteiger partial charge is 0.291 e. The van der Waals surface area contributed by atoms with Crippen molar-refractivity contribution in [2.75, 3.05) is 13.2 Å². The lowest BCUT2D eigenvalue weighted by atomic mass is 9.98. The Kier molecular flexibility index (Phi) is 5.58. The first-order valence-electron chi connectivity index (χ1n) is 11.9. The van der Waals surface area contributed by atoms with Crippen LogP contribution in [-0.4, -0.2) is 30.1 Å². The van der Waals surface area contributed by atoms with Gasteiger partial charge in [0.25, 0.3) is 5.91 Å². The third kappa shape index (κ3) is 4.00. The van der Waals surface area contributed by atoms with E-state index < -0.39 is 6.04 Å². The van der Waals surface area contributed by atoms with Crippen LogP contribution in [0, 0.1) is 0 Å². The largest absolute Gasteiger partial charge is 0.489 e. The lowest BCUT2D eigenvalue weighted by molar-refractivity contribution is 0.0486. The second-order valence-corrected chi connectivity index (χ2v) is 9.01. The van der Waals surface area contributed by atoms with Gasteiger partial charge in [-0.3, -0.25) is 9.59 Å². The molecule has 0 saturated carbocycles. The second-order valence-electron chi connectivity index (χ2n) is 9.01. The highest BCUT2D eigenvalue weighted by atomic mass is 16.5. The van der Waals surface area contributed by atoms with E-state index >= 15 is 0 Å². The van der Waals surface area contributed by atoms with Crippen LogP contribution < -0.4 is 10.2 Å². The Morgan fingerprint density at radius 1 is 0.943 bits per heavy atom. The van der Waals surface area contributed by atoms with Crippen molar-refractivity contribution < 1.29 is 18.7 Å². The summed E-state index contributed by atoms with van der Waals surface area (Å²) in [6, 6.07) is 24.1. The van der Waals surface area contributed by atoms with Gasteiger partial charge >= 0.3 is 0 Å². The van der Waals surface area contributed by atoms with Crippen LogP contribution in [0.2, 0.25) is 0 Å². The SMILES string of the molecule is O=C1c2oc3ccccc3c(=O)c2[C@H](c2cccc(OCc3ccccc3)c2)N1C[C@@H]1CCCO1. The summed E-state index contributed by atoms with van der Waals surface area (Å²) in [5, 5.41) is 0.472. The van der Waals surface area contributed by atoms with Gasteiger partial charge in [-0.25, -0.2) is 0 Å². The molecule has 1 fully saturated rings. The first-order valence-corrected chi connectivity index (χ1v) is 11.9. The third-order valence-electron chi connectivity index (χ3n) is 6.72. The van der Waals surface area contributed by atoms with Gasteiger partial charge in [-0.2, -0.15) is 0 Å². The molecule has 6 rings (SSSR count). The highest BCUT2D eigenvalue weighted by molar-refractivity contribution is 5.99. The molecular formula is C29H25NO5. The first kappa shape index (κ1) is 21.6. The number of hydrogen-bond donors (Lipinski definition) is 0. The Morgan fingerprint density at radius 3 is 2.60 bits per heavy atom. The molecule has 0 bridgehead atoms. The van der Waals surface area contributed by atoms with Crippen LogP contribution in [0.15, 0.2) is 88.1 Å². The molecule has 1 aromatic heterocycles. The molecule has 6 heteroatoms. The quantitative estimate of drug-likeness (QED) is 0.395. The molecule has 1 saturated heterocycles. The minimum absolute atomic E-state index is 0.0576. The van der Waals surface area contributed by atoms with Gasteiger partial charge in [0.2, 0.25) is 5.76 Å². The maximum absolute atomic E-state index is 13.6. The maximum Gasteiger partial charge on any atom is 0.291 e. The molecule has 6 nitrogen and oxygen atoms in total. The molecule has 3 heterocycles. The van der Waals surface area contributed by atoms with E-state index in [0.717, 1.165) is 24.0 Å². The number of ether oxygens (including phenoxy) is 2. The van der Waals surface area contributed by atoms with E-state index in [4.69, 9.17) is 13.9 Å². The van der Waals surface area contributed by atoms with Crippen LogP contribution in [0.4, 0.5) is 0 Å². The summed E-state index contributed by atoms with van der Waals surface area (Å²) in [6.07, 6.45) is 1.79. The normalized spacial score (nSPS) is 19.3. The lowest BCUT2D eigenvalue weighted by Crippen LogP contribution is -2.36. The molecule has 2 atom stereocenters. The molecular weight excluding hydrogens is 442 g/mol. The Bertz CT molecular complexity index is 1440. The average Bonchev–Trinajstić information content (AvgIpc) is 3.51. The lowest BCUT2D eigenvalue weighted by Gasteiger charge is -2.27. The Hall–Kier alpha value is -3.90. The minimum atomic E-state index is -0.567. The van der Waals surface area contributed by atoms with Gasteiger partial charge in [-0.1, -0.05) is 54.6 Å². The number of benzene rings is 3. The van der Waals surface area contributed by atoms with E-state index in [1.165, 1.54) is 0 Å². The van der Waals surface area contributed by atoms with Crippen molar-refractivity contribution in [2.45, 2.75) is 31.6 Å². The summed E-state index contributed by atoms with van der Waals surface area (Å²) in [7, 11) is 0. The molecule has 0 radical (unpaired) electrons. The van der Waals surface area contributed by atoms with E-state index in [1.807, 2.05) is 54.6 Å². The van der Waals surface area contributed by atoms with Crippen molar-refractivity contribution in [1.29, 1.82) is 0 Å². The number of carbonyl (C=O) groups is 1. The van der Waals surface area contributed by atoms with Crippen molar-refractivity contribution in [3.05, 3.63) is 112 Å². The first-order chi connectivity index (χ1) is 17.2. The van der Waals surface area contributed by atoms with Crippen molar-refractivity contribution in [2.24, 2.45) is 0 Å². The summed E-state index contributed by atoms with van der Waals surface area (Å²) in [6.45, 7) is 1.52. The van der Waals surface area contributed by atoms with Gasteiger partial charge in [0.15, 0.2) is 5.43 Å². The molecule has 2 aliphatic rings. The molecule has 176 valence electrons. The molecule has 3 aromatic carbocycles. The Balaban J connectivity index is 1.41. The van der Waals surface area contributed by atoms with Gasteiger partial charge in [0.1, 0.15) is 17.9 Å². The fourth-order valence-corrected chi connectivity index (χ4v) is 5.03. The molecule has 4 aromatic rings. The summed E-state index contributed by atoms with van der Waals surface area (Å²) < 4.78 is 17.9. The van der Waals surface area contributed by atoms with Gasteiger partial charge in [-0.05, 0) is 48.2 Å². The highest BCUT2D eigenvalue weighted by Crippen LogP contribution is 2.39. The topological polar surface area (TPSA) is 69.0 Å². The van der Waals surface area contributed by atoms with Crippen molar-refractivity contribution in [3.8, 4) is 5.75 Å². The predicted molar refractivity (Wildman–Crippen MR) is 132 cm³/mol. The molecule has 0 N–H and O–H groups in total. The molecule has 0 spiro atoms. The highest BCUT2D eigenvalue weighted by Gasteiger charge is 2.44. The van der Waals surface area contributed by atoms with Crippen molar-refractivity contribution >= 4 is 16.9 Å². The summed E-state index contributed by atoms with van der Waals surface area (Å²) in [5.41, 5.74) is 2.49. The van der Waals surface area contributed by atoms with E-state index in [-0.39, 0.29) is 23.2 Å². The molecule has 1 amide bonds. The van der Waals surface area contributed by atoms with Crippen molar-refractivity contribution in [1.82, 2.24) is 4.90 Å². The number of rotatable bonds is 6. The average molecular weight is 468 g/mol. The van der Waals surface area contributed by atoms with Crippen LogP contribution in [0.3, 0.4) is 0 Å². The molecule has 0 aliphatic carbocycles. The molecule has 2 aliphatic heterocycles. The summed E-state index contributed by atoms with van der Waals surface area (Å²) in [5.74, 6) is 0.515. The third-order valence-corrected chi connectivity index (χ3v) is 6.72. The van der Waals surface area contributed by atoms with Crippen LogP contribution in [0.1, 0.15) is 46.1 Å². The van der Waals surface area contributed by atoms with Gasteiger partial charge in [0.05, 0.1) is 23.1 Å².